The van der Waals surface area contributed by atoms with Gasteiger partial charge in [-0.3, -0.25) is 0 Å². The minimum atomic E-state index is -0.287. The highest BCUT2D eigenvalue weighted by Gasteiger charge is 2.09. The van der Waals surface area contributed by atoms with Crippen LogP contribution in [0.2, 0.25) is 0 Å². The molecule has 27 heavy (non-hydrogen) atoms. The third kappa shape index (κ3) is 3.65. The van der Waals surface area contributed by atoms with Crippen molar-refractivity contribution < 1.29 is 14.6 Å². The molecule has 0 fully saturated rings. The van der Waals surface area contributed by atoms with Crippen molar-refractivity contribution in [1.82, 2.24) is 4.98 Å². The van der Waals surface area contributed by atoms with E-state index in [1.54, 1.807) is 60.7 Å². The average molecular weight is 357 g/mol. The minimum absolute atomic E-state index is 0.187. The molecule has 2 N–H and O–H groups in total. The van der Waals surface area contributed by atoms with Crippen LogP contribution in [0.25, 0.3) is 33.6 Å². The van der Waals surface area contributed by atoms with Gasteiger partial charge in [-0.1, -0.05) is 12.1 Å². The van der Waals surface area contributed by atoms with Crippen LogP contribution >= 0.6 is 0 Å². The Morgan fingerprint density at radius 3 is 1.37 bits per heavy atom. The van der Waals surface area contributed by atoms with E-state index >= 15 is 0 Å². The lowest BCUT2D eigenvalue weighted by atomic mass is 10.00. The van der Waals surface area contributed by atoms with Gasteiger partial charge in [0.2, 0.25) is 0 Å². The van der Waals surface area contributed by atoms with Gasteiger partial charge in [-0.05, 0) is 83.9 Å². The van der Waals surface area contributed by atoms with Crippen molar-refractivity contribution in [3.8, 4) is 45.1 Å². The fraction of sp³-hybridized carbons (Fsp3) is 0. The first-order chi connectivity index (χ1) is 13.1. The highest BCUT2D eigenvalue weighted by atomic mass is 19.1. The zero-order valence-corrected chi connectivity index (χ0v) is 14.3. The van der Waals surface area contributed by atoms with E-state index in [0.29, 0.717) is 0 Å². The molecule has 132 valence electrons. The number of rotatable bonds is 3. The summed E-state index contributed by atoms with van der Waals surface area (Å²) in [5.41, 5.74) is 4.96. The molecule has 0 aliphatic carbocycles. The van der Waals surface area contributed by atoms with Gasteiger partial charge in [-0.15, -0.1) is 0 Å². The molecule has 4 rings (SSSR count). The molecule has 4 heteroatoms. The van der Waals surface area contributed by atoms with Crippen LogP contribution in [-0.4, -0.2) is 15.2 Å². The van der Waals surface area contributed by atoms with Crippen molar-refractivity contribution in [3.63, 3.8) is 0 Å². The van der Waals surface area contributed by atoms with Gasteiger partial charge >= 0.3 is 0 Å². The molecule has 0 bridgehead atoms. The number of hydrogen-bond acceptors (Lipinski definition) is 3. The molecule has 1 heterocycles. The summed E-state index contributed by atoms with van der Waals surface area (Å²) in [6, 6.07) is 23.8. The second kappa shape index (κ2) is 6.92. The van der Waals surface area contributed by atoms with E-state index in [1.165, 1.54) is 12.1 Å². The highest BCUT2D eigenvalue weighted by molar-refractivity contribution is 5.76. The summed E-state index contributed by atoms with van der Waals surface area (Å²) in [6.45, 7) is 0. The average Bonchev–Trinajstić information content (AvgIpc) is 2.69. The van der Waals surface area contributed by atoms with Gasteiger partial charge in [0.05, 0.1) is 11.4 Å². The maximum Gasteiger partial charge on any atom is 0.123 e. The van der Waals surface area contributed by atoms with Crippen molar-refractivity contribution >= 4 is 0 Å². The Balaban J connectivity index is 1.89. The van der Waals surface area contributed by atoms with Crippen LogP contribution in [0.1, 0.15) is 0 Å². The lowest BCUT2D eigenvalue weighted by Crippen LogP contribution is -1.91. The summed E-state index contributed by atoms with van der Waals surface area (Å²) >= 11 is 0. The Kier molecular flexibility index (Phi) is 4.30. The number of aromatic hydroxyl groups is 2. The monoisotopic (exact) mass is 357 g/mol. The maximum atomic E-state index is 13.3. The second-order valence-corrected chi connectivity index (χ2v) is 6.23. The summed E-state index contributed by atoms with van der Waals surface area (Å²) in [5.74, 6) is 0.0877. The minimum Gasteiger partial charge on any atom is -0.508 e. The van der Waals surface area contributed by atoms with E-state index in [1.807, 2.05) is 12.1 Å². The van der Waals surface area contributed by atoms with Gasteiger partial charge < -0.3 is 10.2 Å². The Morgan fingerprint density at radius 2 is 0.926 bits per heavy atom. The summed E-state index contributed by atoms with van der Waals surface area (Å²) in [4.78, 5) is 4.74. The fourth-order valence-corrected chi connectivity index (χ4v) is 2.90. The number of halogens is 1. The number of hydrogen-bond donors (Lipinski definition) is 2. The van der Waals surface area contributed by atoms with Gasteiger partial charge in [0.1, 0.15) is 17.3 Å². The fourth-order valence-electron chi connectivity index (χ4n) is 2.90. The molecule has 0 spiro atoms. The molecular weight excluding hydrogens is 341 g/mol. The van der Waals surface area contributed by atoms with Gasteiger partial charge in [0, 0.05) is 11.1 Å². The molecule has 4 aromatic rings. The molecule has 0 amide bonds. The molecule has 0 unspecified atom stereocenters. The quantitative estimate of drug-likeness (QED) is 0.499. The number of nitrogens with zero attached hydrogens (tertiary/aromatic N) is 1. The first-order valence-corrected chi connectivity index (χ1v) is 8.45. The molecule has 1 aromatic heterocycles. The molecule has 0 saturated carbocycles. The molecular formula is C23H16FNO2. The molecule has 0 atom stereocenters. The summed E-state index contributed by atoms with van der Waals surface area (Å²) in [5, 5.41) is 19.1. The molecule has 3 aromatic carbocycles. The van der Waals surface area contributed by atoms with Crippen LogP contribution in [0.4, 0.5) is 4.39 Å². The van der Waals surface area contributed by atoms with Crippen molar-refractivity contribution in [1.29, 1.82) is 0 Å². The van der Waals surface area contributed by atoms with Crippen LogP contribution in [0, 0.1) is 5.82 Å². The van der Waals surface area contributed by atoms with Gasteiger partial charge in [-0.25, -0.2) is 9.37 Å². The van der Waals surface area contributed by atoms with Crippen LogP contribution in [0.3, 0.4) is 0 Å². The van der Waals surface area contributed by atoms with E-state index in [4.69, 9.17) is 4.98 Å². The third-order valence-electron chi connectivity index (χ3n) is 4.33. The smallest absolute Gasteiger partial charge is 0.123 e. The highest BCUT2D eigenvalue weighted by Crippen LogP contribution is 2.31. The molecule has 3 nitrogen and oxygen atoms in total. The van der Waals surface area contributed by atoms with Crippen molar-refractivity contribution in [2.24, 2.45) is 0 Å². The van der Waals surface area contributed by atoms with Crippen molar-refractivity contribution in [2.45, 2.75) is 0 Å². The van der Waals surface area contributed by atoms with Gasteiger partial charge in [-0.2, -0.15) is 0 Å². The third-order valence-corrected chi connectivity index (χ3v) is 4.33. The predicted molar refractivity (Wildman–Crippen MR) is 104 cm³/mol. The zero-order chi connectivity index (χ0) is 18.8. The van der Waals surface area contributed by atoms with Crippen molar-refractivity contribution in [2.75, 3.05) is 0 Å². The first kappa shape index (κ1) is 16.8. The van der Waals surface area contributed by atoms with Gasteiger partial charge in [0.15, 0.2) is 0 Å². The second-order valence-electron chi connectivity index (χ2n) is 6.23. The summed E-state index contributed by atoms with van der Waals surface area (Å²) in [7, 11) is 0. The van der Waals surface area contributed by atoms with Gasteiger partial charge in [0.25, 0.3) is 0 Å². The number of benzene rings is 3. The Labute approximate surface area is 156 Å². The van der Waals surface area contributed by atoms with E-state index in [-0.39, 0.29) is 17.3 Å². The first-order valence-electron chi connectivity index (χ1n) is 8.45. The van der Waals surface area contributed by atoms with E-state index in [9.17, 15) is 14.6 Å². The number of aromatic nitrogens is 1. The Morgan fingerprint density at radius 1 is 0.519 bits per heavy atom. The van der Waals surface area contributed by atoms with E-state index in [2.05, 4.69) is 0 Å². The number of phenolic OH excluding ortho intramolecular Hbond substituents is 2. The lowest BCUT2D eigenvalue weighted by Gasteiger charge is -2.10. The van der Waals surface area contributed by atoms with Crippen LogP contribution < -0.4 is 0 Å². The SMILES string of the molecule is Oc1ccc(-c2cc(-c3ccc(F)cc3)cc(-c3ccc(O)cc3)n2)cc1. The van der Waals surface area contributed by atoms with Crippen molar-refractivity contribution in [3.05, 3.63) is 90.7 Å². The number of pyridine rings is 1. The topological polar surface area (TPSA) is 53.4 Å². The number of phenols is 2. The normalized spacial score (nSPS) is 10.7. The molecule has 0 radical (unpaired) electrons. The maximum absolute atomic E-state index is 13.3. The summed E-state index contributed by atoms with van der Waals surface area (Å²) in [6.07, 6.45) is 0. The summed E-state index contributed by atoms with van der Waals surface area (Å²) < 4.78 is 13.3. The Bertz CT molecular complexity index is 919. The molecule has 0 aliphatic heterocycles. The molecule has 0 aliphatic rings. The van der Waals surface area contributed by atoms with E-state index in [0.717, 1.165) is 33.6 Å². The van der Waals surface area contributed by atoms with Crippen LogP contribution in [0.5, 0.6) is 11.5 Å². The van der Waals surface area contributed by atoms with E-state index < -0.39 is 0 Å². The standard InChI is InChI=1S/C23H16FNO2/c24-19-7-1-15(2-8-19)18-13-22(16-3-9-20(26)10-4-16)25-23(14-18)17-5-11-21(27)12-6-17/h1-14,26-27H. The zero-order valence-electron chi connectivity index (χ0n) is 14.3. The van der Waals surface area contributed by atoms with Crippen LogP contribution in [0.15, 0.2) is 84.9 Å². The molecule has 0 saturated heterocycles. The van der Waals surface area contributed by atoms with Crippen LogP contribution in [-0.2, 0) is 0 Å². The Hall–Kier alpha value is -3.66. The predicted octanol–water partition coefficient (Wildman–Crippen LogP) is 5.63. The largest absolute Gasteiger partial charge is 0.508 e. The lowest BCUT2D eigenvalue weighted by molar-refractivity contribution is 0.475.